The Morgan fingerprint density at radius 1 is 1.56 bits per heavy atom. The van der Waals surface area contributed by atoms with Crippen molar-refractivity contribution in [3.63, 3.8) is 0 Å². The first-order valence-corrected chi connectivity index (χ1v) is 6.82. The molecule has 2 rings (SSSR count). The van der Waals surface area contributed by atoms with E-state index in [-0.39, 0.29) is 12.1 Å². The maximum absolute atomic E-state index is 6.23. The molecule has 0 aromatic heterocycles. The van der Waals surface area contributed by atoms with Gasteiger partial charge in [-0.3, -0.25) is 0 Å². The molecule has 1 fully saturated rings. The largest absolute Gasteiger partial charge is 0.486 e. The Labute approximate surface area is 113 Å². The highest BCUT2D eigenvalue weighted by molar-refractivity contribution is 6.32. The van der Waals surface area contributed by atoms with E-state index in [0.29, 0.717) is 11.6 Å². The van der Waals surface area contributed by atoms with Crippen LogP contribution in [-0.4, -0.2) is 25.4 Å². The molecule has 1 aliphatic rings. The Balaban J connectivity index is 2.13. The summed E-state index contributed by atoms with van der Waals surface area (Å²) in [6.45, 7) is 3.45. The lowest BCUT2D eigenvalue weighted by Crippen LogP contribution is -2.29. The minimum Gasteiger partial charge on any atom is -0.486 e. The van der Waals surface area contributed by atoms with Gasteiger partial charge in [0.1, 0.15) is 11.9 Å². The first-order chi connectivity index (χ1) is 8.66. The third-order valence-corrected chi connectivity index (χ3v) is 3.29. The van der Waals surface area contributed by atoms with Crippen molar-refractivity contribution >= 4 is 11.6 Å². The number of hydrogen-bond donors (Lipinski definition) is 1. The van der Waals surface area contributed by atoms with Crippen molar-refractivity contribution in [2.75, 3.05) is 13.2 Å². The van der Waals surface area contributed by atoms with Crippen LogP contribution in [0.4, 0.5) is 0 Å². The monoisotopic (exact) mass is 269 g/mol. The van der Waals surface area contributed by atoms with Gasteiger partial charge in [-0.05, 0) is 37.8 Å². The van der Waals surface area contributed by atoms with Gasteiger partial charge < -0.3 is 15.2 Å². The second-order valence-corrected chi connectivity index (χ2v) is 5.27. The molecule has 2 atom stereocenters. The molecule has 0 spiro atoms. The van der Waals surface area contributed by atoms with Crippen molar-refractivity contribution < 1.29 is 9.47 Å². The molecular weight excluding hydrogens is 250 g/mol. The van der Waals surface area contributed by atoms with Crippen LogP contribution in [0.5, 0.6) is 5.75 Å². The van der Waals surface area contributed by atoms with Gasteiger partial charge in [-0.15, -0.1) is 0 Å². The average molecular weight is 270 g/mol. The topological polar surface area (TPSA) is 44.5 Å². The normalized spacial score (nSPS) is 21.6. The van der Waals surface area contributed by atoms with Crippen molar-refractivity contribution in [3.8, 4) is 5.75 Å². The van der Waals surface area contributed by atoms with Crippen LogP contribution in [0.1, 0.15) is 25.3 Å². The smallest absolute Gasteiger partial charge is 0.141 e. The SMILES string of the molecule is CC(N)Cc1cccc(Cl)c1OC1CCCOC1. The molecule has 100 valence electrons. The number of halogens is 1. The summed E-state index contributed by atoms with van der Waals surface area (Å²) in [4.78, 5) is 0. The molecule has 4 heteroatoms. The molecule has 2 N–H and O–H groups in total. The number of ether oxygens (including phenoxy) is 2. The van der Waals surface area contributed by atoms with Gasteiger partial charge in [0.25, 0.3) is 0 Å². The fourth-order valence-electron chi connectivity index (χ4n) is 2.16. The Morgan fingerprint density at radius 2 is 2.39 bits per heavy atom. The Morgan fingerprint density at radius 3 is 3.06 bits per heavy atom. The summed E-state index contributed by atoms with van der Waals surface area (Å²) in [5.41, 5.74) is 6.93. The minimum absolute atomic E-state index is 0.0911. The van der Waals surface area contributed by atoms with Crippen LogP contribution in [0, 0.1) is 0 Å². The van der Waals surface area contributed by atoms with Gasteiger partial charge in [-0.1, -0.05) is 23.7 Å². The van der Waals surface area contributed by atoms with Crippen molar-refractivity contribution in [2.45, 2.75) is 38.3 Å². The van der Waals surface area contributed by atoms with Crippen molar-refractivity contribution in [3.05, 3.63) is 28.8 Å². The summed E-state index contributed by atoms with van der Waals surface area (Å²) in [7, 11) is 0. The number of hydrogen-bond acceptors (Lipinski definition) is 3. The van der Waals surface area contributed by atoms with Crippen LogP contribution in [0.25, 0.3) is 0 Å². The van der Waals surface area contributed by atoms with E-state index in [4.69, 9.17) is 26.8 Å². The van der Waals surface area contributed by atoms with Crippen LogP contribution < -0.4 is 10.5 Å². The molecule has 18 heavy (non-hydrogen) atoms. The first-order valence-electron chi connectivity index (χ1n) is 6.44. The van der Waals surface area contributed by atoms with Crippen molar-refractivity contribution in [2.24, 2.45) is 5.73 Å². The Kier molecular flexibility index (Phi) is 4.87. The van der Waals surface area contributed by atoms with Gasteiger partial charge in [-0.2, -0.15) is 0 Å². The number of rotatable bonds is 4. The van der Waals surface area contributed by atoms with E-state index in [1.807, 2.05) is 25.1 Å². The molecule has 0 aliphatic carbocycles. The van der Waals surface area contributed by atoms with Crippen LogP contribution >= 0.6 is 11.6 Å². The number of para-hydroxylation sites is 1. The van der Waals surface area contributed by atoms with Crippen molar-refractivity contribution in [1.29, 1.82) is 0 Å². The fourth-order valence-corrected chi connectivity index (χ4v) is 2.40. The molecule has 0 saturated carbocycles. The lowest BCUT2D eigenvalue weighted by atomic mass is 10.1. The van der Waals surface area contributed by atoms with Gasteiger partial charge in [0.2, 0.25) is 0 Å². The standard InChI is InChI=1S/C14H20ClNO2/c1-10(16)8-11-4-2-6-13(15)14(11)18-12-5-3-7-17-9-12/h2,4,6,10,12H,3,5,7-9,16H2,1H3. The lowest BCUT2D eigenvalue weighted by molar-refractivity contribution is 0.00707. The van der Waals surface area contributed by atoms with Gasteiger partial charge in [0.05, 0.1) is 11.6 Å². The average Bonchev–Trinajstić information content (AvgIpc) is 2.34. The van der Waals surface area contributed by atoms with E-state index in [0.717, 1.165) is 37.2 Å². The highest BCUT2D eigenvalue weighted by Gasteiger charge is 2.19. The van der Waals surface area contributed by atoms with Gasteiger partial charge in [-0.25, -0.2) is 0 Å². The summed E-state index contributed by atoms with van der Waals surface area (Å²) < 4.78 is 11.4. The lowest BCUT2D eigenvalue weighted by Gasteiger charge is -2.25. The molecule has 1 aromatic rings. The highest BCUT2D eigenvalue weighted by Crippen LogP contribution is 2.31. The third kappa shape index (κ3) is 3.61. The van der Waals surface area contributed by atoms with Crippen LogP contribution in [0.3, 0.4) is 0 Å². The summed E-state index contributed by atoms with van der Waals surface area (Å²) in [6, 6.07) is 5.90. The number of nitrogens with two attached hydrogens (primary N) is 1. The zero-order chi connectivity index (χ0) is 13.0. The summed E-state index contributed by atoms with van der Waals surface area (Å²) in [5, 5.41) is 0.652. The van der Waals surface area contributed by atoms with E-state index in [1.54, 1.807) is 0 Å². The second kappa shape index (κ2) is 6.41. The van der Waals surface area contributed by atoms with Gasteiger partial charge >= 0.3 is 0 Å². The number of benzene rings is 1. The third-order valence-electron chi connectivity index (χ3n) is 2.99. The van der Waals surface area contributed by atoms with E-state index >= 15 is 0 Å². The minimum atomic E-state index is 0.0911. The second-order valence-electron chi connectivity index (χ2n) is 4.87. The molecule has 1 saturated heterocycles. The fraction of sp³-hybridized carbons (Fsp3) is 0.571. The van der Waals surface area contributed by atoms with E-state index in [1.165, 1.54) is 0 Å². The Hall–Kier alpha value is -0.770. The predicted molar refractivity (Wildman–Crippen MR) is 73.3 cm³/mol. The maximum Gasteiger partial charge on any atom is 0.141 e. The zero-order valence-corrected chi connectivity index (χ0v) is 11.5. The molecule has 1 aliphatic heterocycles. The zero-order valence-electron chi connectivity index (χ0n) is 10.7. The van der Waals surface area contributed by atoms with E-state index in [2.05, 4.69) is 0 Å². The molecule has 1 aromatic carbocycles. The summed E-state index contributed by atoms with van der Waals surface area (Å²) >= 11 is 6.23. The van der Waals surface area contributed by atoms with Crippen LogP contribution in [0.15, 0.2) is 18.2 Å². The van der Waals surface area contributed by atoms with Crippen LogP contribution in [0.2, 0.25) is 5.02 Å². The molecule has 0 amide bonds. The molecular formula is C14H20ClNO2. The first kappa shape index (κ1) is 13.7. The molecule has 1 heterocycles. The van der Waals surface area contributed by atoms with Gasteiger partial charge in [0.15, 0.2) is 0 Å². The summed E-state index contributed by atoms with van der Waals surface area (Å²) in [6.07, 6.45) is 2.93. The van der Waals surface area contributed by atoms with E-state index in [9.17, 15) is 0 Å². The predicted octanol–water partition coefficient (Wildman–Crippen LogP) is 2.79. The highest BCUT2D eigenvalue weighted by atomic mass is 35.5. The van der Waals surface area contributed by atoms with Crippen LogP contribution in [-0.2, 0) is 11.2 Å². The quantitative estimate of drug-likeness (QED) is 0.914. The van der Waals surface area contributed by atoms with Gasteiger partial charge in [0, 0.05) is 12.6 Å². The molecule has 0 bridgehead atoms. The van der Waals surface area contributed by atoms with Crippen molar-refractivity contribution in [1.82, 2.24) is 0 Å². The van der Waals surface area contributed by atoms with E-state index < -0.39 is 0 Å². The molecule has 0 radical (unpaired) electrons. The summed E-state index contributed by atoms with van der Waals surface area (Å²) in [5.74, 6) is 0.770. The Bertz CT molecular complexity index is 389. The molecule has 3 nitrogen and oxygen atoms in total. The maximum atomic E-state index is 6.23. The molecule has 2 unspecified atom stereocenters.